The number of carbonyl (C=O) groups is 2. The quantitative estimate of drug-likeness (QED) is 0.334. The minimum absolute atomic E-state index is 0.119. The van der Waals surface area contributed by atoms with Gasteiger partial charge >= 0.3 is 12.1 Å². The van der Waals surface area contributed by atoms with Crippen LogP contribution in [0.5, 0.6) is 0 Å². The first kappa shape index (κ1) is 21.0. The summed E-state index contributed by atoms with van der Waals surface area (Å²) in [6.45, 7) is 6.64. The molecule has 1 N–H and O–H groups in total. The molecule has 1 atom stereocenters. The highest BCUT2D eigenvalue weighted by Crippen LogP contribution is 2.08. The number of unbranched alkanes of at least 4 members (excludes halogenated alkanes) is 4. The van der Waals surface area contributed by atoms with Crippen LogP contribution >= 0.6 is 11.6 Å². The van der Waals surface area contributed by atoms with Crippen molar-refractivity contribution in [2.45, 2.75) is 65.3 Å². The Hall–Kier alpha value is -0.970. The summed E-state index contributed by atoms with van der Waals surface area (Å²) in [6, 6.07) is -0.668. The van der Waals surface area contributed by atoms with Gasteiger partial charge in [0, 0.05) is 0 Å². The second-order valence-electron chi connectivity index (χ2n) is 5.73. The molecule has 1 unspecified atom stereocenters. The van der Waals surface area contributed by atoms with Gasteiger partial charge < -0.3 is 14.8 Å². The SMILES string of the molecule is CCCCCCCOC(=O)C(CC(C)C)NC(=O)OCCCl. The average Bonchev–Trinajstić information content (AvgIpc) is 2.47. The summed E-state index contributed by atoms with van der Waals surface area (Å²) in [5.41, 5.74) is 0. The molecule has 0 aromatic rings. The summed E-state index contributed by atoms with van der Waals surface area (Å²) in [5, 5.41) is 2.55. The number of nitrogens with one attached hydrogen (secondary N) is 1. The highest BCUT2D eigenvalue weighted by molar-refractivity contribution is 6.18. The van der Waals surface area contributed by atoms with Crippen molar-refractivity contribution in [3.05, 3.63) is 0 Å². The van der Waals surface area contributed by atoms with Gasteiger partial charge in [0.2, 0.25) is 0 Å². The Morgan fingerprint density at radius 1 is 1.05 bits per heavy atom. The van der Waals surface area contributed by atoms with E-state index in [4.69, 9.17) is 21.1 Å². The van der Waals surface area contributed by atoms with E-state index in [1.807, 2.05) is 13.8 Å². The molecule has 0 radical (unpaired) electrons. The van der Waals surface area contributed by atoms with Gasteiger partial charge in [0.15, 0.2) is 0 Å². The predicted molar refractivity (Wildman–Crippen MR) is 88.2 cm³/mol. The number of hydrogen-bond acceptors (Lipinski definition) is 4. The molecule has 0 fully saturated rings. The zero-order chi connectivity index (χ0) is 16.8. The zero-order valence-corrected chi connectivity index (χ0v) is 14.8. The molecular formula is C16H30ClNO4. The Labute approximate surface area is 139 Å². The van der Waals surface area contributed by atoms with E-state index in [0.717, 1.165) is 19.3 Å². The molecule has 0 aromatic heterocycles. The van der Waals surface area contributed by atoms with Crippen LogP contribution in [0, 0.1) is 5.92 Å². The lowest BCUT2D eigenvalue weighted by molar-refractivity contribution is -0.146. The van der Waals surface area contributed by atoms with E-state index in [2.05, 4.69) is 12.2 Å². The molecule has 0 heterocycles. The molecule has 22 heavy (non-hydrogen) atoms. The molecule has 130 valence electrons. The topological polar surface area (TPSA) is 64.6 Å². The lowest BCUT2D eigenvalue weighted by Gasteiger charge is -2.19. The van der Waals surface area contributed by atoms with Gasteiger partial charge in [0.1, 0.15) is 12.6 Å². The Bertz CT molecular complexity index is 311. The molecule has 0 aromatic carbocycles. The molecule has 0 rings (SSSR count). The molecule has 0 saturated carbocycles. The van der Waals surface area contributed by atoms with Gasteiger partial charge in [-0.05, 0) is 18.8 Å². The Kier molecular flexibility index (Phi) is 13.1. The maximum absolute atomic E-state index is 12.1. The fourth-order valence-electron chi connectivity index (χ4n) is 1.98. The molecule has 0 aliphatic heterocycles. The van der Waals surface area contributed by atoms with Gasteiger partial charge in [-0.3, -0.25) is 0 Å². The Balaban J connectivity index is 4.13. The monoisotopic (exact) mass is 335 g/mol. The molecule has 0 saturated heterocycles. The summed E-state index contributed by atoms with van der Waals surface area (Å²) in [6.07, 6.45) is 5.35. The molecule has 0 spiro atoms. The van der Waals surface area contributed by atoms with E-state index in [1.165, 1.54) is 12.8 Å². The first-order valence-corrected chi connectivity index (χ1v) is 8.70. The number of hydrogen-bond donors (Lipinski definition) is 1. The average molecular weight is 336 g/mol. The van der Waals surface area contributed by atoms with Crippen LogP contribution in [0.1, 0.15) is 59.3 Å². The normalized spacial score (nSPS) is 12.0. The van der Waals surface area contributed by atoms with Crippen LogP contribution in [0.2, 0.25) is 0 Å². The summed E-state index contributed by atoms with van der Waals surface area (Å²) in [4.78, 5) is 23.6. The van der Waals surface area contributed by atoms with Gasteiger partial charge in [-0.2, -0.15) is 0 Å². The van der Waals surface area contributed by atoms with Gasteiger partial charge in [-0.25, -0.2) is 9.59 Å². The van der Waals surface area contributed by atoms with Crippen LogP contribution in [0.4, 0.5) is 4.79 Å². The fourth-order valence-corrected chi connectivity index (χ4v) is 2.06. The van der Waals surface area contributed by atoms with E-state index >= 15 is 0 Å². The van der Waals surface area contributed by atoms with Crippen molar-refractivity contribution in [2.24, 2.45) is 5.92 Å². The minimum atomic E-state index is -0.668. The third kappa shape index (κ3) is 11.7. The van der Waals surface area contributed by atoms with Crippen LogP contribution in [0.25, 0.3) is 0 Å². The maximum Gasteiger partial charge on any atom is 0.407 e. The highest BCUT2D eigenvalue weighted by Gasteiger charge is 2.23. The molecular weight excluding hydrogens is 306 g/mol. The smallest absolute Gasteiger partial charge is 0.407 e. The molecule has 0 aliphatic rings. The van der Waals surface area contributed by atoms with Crippen molar-refractivity contribution in [1.82, 2.24) is 5.32 Å². The maximum atomic E-state index is 12.1. The molecule has 0 aliphatic carbocycles. The predicted octanol–water partition coefficient (Wildman–Crippen LogP) is 3.88. The van der Waals surface area contributed by atoms with Gasteiger partial charge in [0.05, 0.1) is 12.5 Å². The number of halogens is 1. The number of alkyl halides is 1. The fraction of sp³-hybridized carbons (Fsp3) is 0.875. The van der Waals surface area contributed by atoms with Gasteiger partial charge in [0.25, 0.3) is 0 Å². The number of amides is 1. The van der Waals surface area contributed by atoms with E-state index in [1.54, 1.807) is 0 Å². The molecule has 5 nitrogen and oxygen atoms in total. The van der Waals surface area contributed by atoms with Crippen LogP contribution in [-0.2, 0) is 14.3 Å². The summed E-state index contributed by atoms with van der Waals surface area (Å²) < 4.78 is 10.1. The van der Waals surface area contributed by atoms with E-state index in [9.17, 15) is 9.59 Å². The first-order valence-electron chi connectivity index (χ1n) is 8.17. The molecule has 0 bridgehead atoms. The largest absolute Gasteiger partial charge is 0.464 e. The Morgan fingerprint density at radius 3 is 2.32 bits per heavy atom. The van der Waals surface area contributed by atoms with Crippen molar-refractivity contribution < 1.29 is 19.1 Å². The van der Waals surface area contributed by atoms with E-state index in [0.29, 0.717) is 13.0 Å². The second kappa shape index (κ2) is 13.7. The lowest BCUT2D eigenvalue weighted by Crippen LogP contribution is -2.43. The van der Waals surface area contributed by atoms with Crippen molar-refractivity contribution in [2.75, 3.05) is 19.1 Å². The molecule has 1 amide bonds. The Morgan fingerprint density at radius 2 is 1.73 bits per heavy atom. The van der Waals surface area contributed by atoms with E-state index < -0.39 is 18.1 Å². The van der Waals surface area contributed by atoms with Crippen molar-refractivity contribution >= 4 is 23.7 Å². The van der Waals surface area contributed by atoms with Gasteiger partial charge in [-0.15, -0.1) is 11.6 Å². The third-order valence-electron chi connectivity index (χ3n) is 3.09. The van der Waals surface area contributed by atoms with Crippen molar-refractivity contribution in [1.29, 1.82) is 0 Å². The number of esters is 1. The number of ether oxygens (including phenoxy) is 2. The lowest BCUT2D eigenvalue weighted by atomic mass is 10.0. The zero-order valence-electron chi connectivity index (χ0n) is 14.0. The van der Waals surface area contributed by atoms with Crippen LogP contribution in [0.3, 0.4) is 0 Å². The number of carbonyl (C=O) groups excluding carboxylic acids is 2. The summed E-state index contributed by atoms with van der Waals surface area (Å²) in [7, 11) is 0. The minimum Gasteiger partial charge on any atom is -0.464 e. The van der Waals surface area contributed by atoms with E-state index in [-0.39, 0.29) is 18.4 Å². The standard InChI is InChI=1S/C16H30ClNO4/c1-4-5-6-7-8-10-21-15(19)14(12-13(2)3)18-16(20)22-11-9-17/h13-14H,4-12H2,1-3H3,(H,18,20). The number of rotatable bonds is 12. The second-order valence-corrected chi connectivity index (χ2v) is 6.11. The van der Waals surface area contributed by atoms with Gasteiger partial charge in [-0.1, -0.05) is 46.5 Å². The van der Waals surface area contributed by atoms with Crippen LogP contribution in [-0.4, -0.2) is 37.2 Å². The highest BCUT2D eigenvalue weighted by atomic mass is 35.5. The van der Waals surface area contributed by atoms with Crippen molar-refractivity contribution in [3.63, 3.8) is 0 Å². The third-order valence-corrected chi connectivity index (χ3v) is 3.24. The molecule has 6 heteroatoms. The van der Waals surface area contributed by atoms with Crippen LogP contribution in [0.15, 0.2) is 0 Å². The summed E-state index contributed by atoms with van der Waals surface area (Å²) in [5.74, 6) is 0.0900. The summed E-state index contributed by atoms with van der Waals surface area (Å²) >= 11 is 5.45. The first-order chi connectivity index (χ1) is 10.5. The van der Waals surface area contributed by atoms with Crippen LogP contribution < -0.4 is 5.32 Å². The van der Waals surface area contributed by atoms with Crippen molar-refractivity contribution in [3.8, 4) is 0 Å². The number of alkyl carbamates (subject to hydrolysis) is 1.